The third-order valence-electron chi connectivity index (χ3n) is 14.0. The summed E-state index contributed by atoms with van der Waals surface area (Å²) >= 11 is 0. The van der Waals surface area contributed by atoms with Gasteiger partial charge in [-0.05, 0) is 150 Å². The molecule has 0 aliphatic heterocycles. The highest BCUT2D eigenvalue weighted by Crippen LogP contribution is 2.74. The number of rotatable bonds is 18. The summed E-state index contributed by atoms with van der Waals surface area (Å²) < 4.78 is 6.15. The molecule has 4 aliphatic carbocycles. The van der Waals surface area contributed by atoms with E-state index in [0.29, 0.717) is 31.7 Å². The first-order valence-electron chi connectivity index (χ1n) is 20.2. The first-order valence-corrected chi connectivity index (χ1v) is 20.2. The second kappa shape index (κ2) is 18.3. The minimum atomic E-state index is -0.560. The summed E-state index contributed by atoms with van der Waals surface area (Å²) in [5, 5.41) is 29.3. The number of fused-ring (bicyclic) bond motifs is 5. The largest absolute Gasteiger partial charge is 0.458 e. The van der Waals surface area contributed by atoms with Crippen molar-refractivity contribution in [2.75, 3.05) is 45.8 Å². The monoisotopic (exact) mass is 714 g/mol. The van der Waals surface area contributed by atoms with E-state index >= 15 is 0 Å². The lowest BCUT2D eigenvalue weighted by Crippen LogP contribution is -2.65. The van der Waals surface area contributed by atoms with E-state index in [4.69, 9.17) is 4.74 Å². The molecule has 4 fully saturated rings. The zero-order valence-electron chi connectivity index (χ0n) is 33.2. The van der Waals surface area contributed by atoms with Gasteiger partial charge in [0.1, 0.15) is 6.10 Å². The molecule has 0 heterocycles. The second-order valence-electron chi connectivity index (χ2n) is 17.3. The molecule has 0 bridgehead atoms. The van der Waals surface area contributed by atoms with E-state index in [2.05, 4.69) is 81.0 Å². The van der Waals surface area contributed by atoms with Crippen molar-refractivity contribution in [2.45, 2.75) is 138 Å². The van der Waals surface area contributed by atoms with Crippen molar-refractivity contribution in [2.24, 2.45) is 45.1 Å². The van der Waals surface area contributed by atoms with Crippen LogP contribution in [0.1, 0.15) is 120 Å². The van der Waals surface area contributed by atoms with Gasteiger partial charge in [0, 0.05) is 32.1 Å². The number of nitrogens with zero attached hydrogens (tertiary/aromatic N) is 1. The van der Waals surface area contributed by atoms with Gasteiger partial charge in [0.15, 0.2) is 0 Å². The predicted octanol–water partition coefficient (Wildman–Crippen LogP) is 6.04. The van der Waals surface area contributed by atoms with Crippen LogP contribution in [0.2, 0.25) is 0 Å². The van der Waals surface area contributed by atoms with Crippen LogP contribution in [-0.4, -0.2) is 81.0 Å². The van der Waals surface area contributed by atoms with E-state index in [1.54, 1.807) is 0 Å². The number of carbonyl (C=O) groups excluding carboxylic acids is 2. The number of esters is 1. The number of amides is 1. The summed E-state index contributed by atoms with van der Waals surface area (Å²) in [4.78, 5) is 38.6. The molecule has 10 heteroatoms. The Bertz CT molecular complexity index is 1270. The highest BCUT2D eigenvalue weighted by Gasteiger charge is 2.71. The Hall–Kier alpha value is -2.14. The molecule has 0 radical (unpaired) electrons. The highest BCUT2D eigenvalue weighted by molar-refractivity contribution is 5.94. The molecular weight excluding hydrogens is 642 g/mol. The summed E-state index contributed by atoms with van der Waals surface area (Å²) in [7, 11) is 0. The minimum absolute atomic E-state index is 0.0427. The fourth-order valence-electron chi connectivity index (χ4n) is 11.4. The summed E-state index contributed by atoms with van der Waals surface area (Å²) in [5.41, 5.74) is 2.21. The standard InChI is InChI=1S/C41H71N5O5/c1-9-42-19-11-20-43-23-24-44-21-12-22-45-38(49)30(14-10-13-27(2)3)36-32-25-34(48)37-39(6)17-16-33(46-50)28(4)31(39)15-18-40(37,7)41(32,8)26-35(36)51-29(5)47/h13,28,31-35,37,42-44,48H,9-12,14-26H2,1-8H3,(H,45,49)/b36-30-/t28-,31?,32?,33+,34?,35?,37?,39?,40+,41?/m1/s1. The van der Waals surface area contributed by atoms with Crippen LogP contribution in [0.5, 0.6) is 0 Å². The number of hydrogen-bond acceptors (Lipinski definition) is 9. The predicted molar refractivity (Wildman–Crippen MR) is 205 cm³/mol. The lowest BCUT2D eigenvalue weighted by atomic mass is 9.36. The summed E-state index contributed by atoms with van der Waals surface area (Å²) in [6, 6.07) is -0.163. The maximum absolute atomic E-state index is 14.2. The molecule has 0 aromatic rings. The molecule has 290 valence electrons. The van der Waals surface area contributed by atoms with Crippen molar-refractivity contribution < 1.29 is 19.4 Å². The highest BCUT2D eigenvalue weighted by atomic mass is 16.5. The molecule has 0 aromatic carbocycles. The average Bonchev–Trinajstić information content (AvgIpc) is 3.34. The van der Waals surface area contributed by atoms with Gasteiger partial charge in [-0.1, -0.05) is 51.4 Å². The maximum Gasteiger partial charge on any atom is 0.303 e. The number of allylic oxidation sites excluding steroid dienone is 2. The zero-order chi connectivity index (χ0) is 37.4. The van der Waals surface area contributed by atoms with Gasteiger partial charge in [-0.2, -0.15) is 4.91 Å². The van der Waals surface area contributed by atoms with Crippen LogP contribution in [0.4, 0.5) is 0 Å². The van der Waals surface area contributed by atoms with Crippen LogP contribution in [0.3, 0.4) is 0 Å². The van der Waals surface area contributed by atoms with Crippen molar-refractivity contribution in [3.05, 3.63) is 27.7 Å². The molecule has 1 amide bonds. The Kier molecular flexibility index (Phi) is 14.9. The molecule has 4 aliphatic rings. The Morgan fingerprint density at radius 2 is 1.61 bits per heavy atom. The van der Waals surface area contributed by atoms with Gasteiger partial charge in [0.25, 0.3) is 0 Å². The molecule has 0 spiro atoms. The van der Waals surface area contributed by atoms with E-state index in [9.17, 15) is 19.6 Å². The SMILES string of the molecule is CCNCCCNCCNCCCNC(=O)/C(CCC=C(C)C)=C1\C(OC(C)=O)CC2(C)C1CC(O)C1C3(C)CC[C@H](N=O)[C@H](C)C3CC[C@@]12C. The maximum atomic E-state index is 14.2. The number of hydrogen-bond donors (Lipinski definition) is 5. The van der Waals surface area contributed by atoms with E-state index in [1.165, 1.54) is 12.5 Å². The minimum Gasteiger partial charge on any atom is -0.458 e. The molecule has 0 saturated heterocycles. The van der Waals surface area contributed by atoms with Gasteiger partial charge < -0.3 is 31.1 Å². The fraction of sp³-hybridized carbons (Fsp3) is 0.854. The van der Waals surface area contributed by atoms with Crippen molar-refractivity contribution in [3.8, 4) is 0 Å². The molecular formula is C41H71N5O5. The summed E-state index contributed by atoms with van der Waals surface area (Å²) in [5.74, 6) is 0.0536. The lowest BCUT2D eigenvalue weighted by Gasteiger charge is -2.68. The van der Waals surface area contributed by atoms with Crippen LogP contribution in [0.25, 0.3) is 0 Å². The Labute approximate surface area is 308 Å². The normalized spacial score (nSPS) is 36.7. The van der Waals surface area contributed by atoms with Gasteiger partial charge in [0.05, 0.1) is 12.1 Å². The summed E-state index contributed by atoms with van der Waals surface area (Å²) in [6.45, 7) is 23.2. The zero-order valence-corrected chi connectivity index (χ0v) is 33.2. The Morgan fingerprint density at radius 1 is 0.941 bits per heavy atom. The van der Waals surface area contributed by atoms with Gasteiger partial charge in [-0.15, -0.1) is 0 Å². The van der Waals surface area contributed by atoms with Crippen molar-refractivity contribution in [1.82, 2.24) is 21.3 Å². The topological polar surface area (TPSA) is 141 Å². The van der Waals surface area contributed by atoms with Crippen LogP contribution in [-0.2, 0) is 14.3 Å². The van der Waals surface area contributed by atoms with Crippen molar-refractivity contribution >= 4 is 11.9 Å². The second-order valence-corrected chi connectivity index (χ2v) is 17.3. The quantitative estimate of drug-likeness (QED) is 0.0381. The molecule has 10 nitrogen and oxygen atoms in total. The molecule has 7 unspecified atom stereocenters. The third-order valence-corrected chi connectivity index (χ3v) is 14.0. The van der Waals surface area contributed by atoms with Crippen molar-refractivity contribution in [3.63, 3.8) is 0 Å². The first-order chi connectivity index (χ1) is 24.2. The first kappa shape index (κ1) is 41.6. The molecule has 4 saturated carbocycles. The van der Waals surface area contributed by atoms with Crippen LogP contribution in [0, 0.1) is 44.8 Å². The van der Waals surface area contributed by atoms with Crippen LogP contribution in [0.15, 0.2) is 28.0 Å². The van der Waals surface area contributed by atoms with Crippen molar-refractivity contribution in [1.29, 1.82) is 0 Å². The van der Waals surface area contributed by atoms with Gasteiger partial charge in [-0.25, -0.2) is 0 Å². The average molecular weight is 714 g/mol. The van der Waals surface area contributed by atoms with E-state index < -0.39 is 12.2 Å². The number of nitroso groups, excluding NO2 is 1. The fourth-order valence-corrected chi connectivity index (χ4v) is 11.4. The number of aliphatic hydroxyl groups is 1. The smallest absolute Gasteiger partial charge is 0.303 e. The molecule has 51 heavy (non-hydrogen) atoms. The number of aliphatic hydroxyl groups excluding tert-OH is 1. The number of nitrogens with one attached hydrogen (secondary N) is 4. The van der Waals surface area contributed by atoms with E-state index in [1.807, 2.05) is 0 Å². The van der Waals surface area contributed by atoms with E-state index in [-0.39, 0.29) is 51.9 Å². The van der Waals surface area contributed by atoms with E-state index in [0.717, 1.165) is 95.4 Å². The summed E-state index contributed by atoms with van der Waals surface area (Å²) in [6.07, 6.45) is 9.06. The number of carbonyl (C=O) groups is 2. The molecule has 0 aromatic heterocycles. The molecule has 4 rings (SSSR count). The van der Waals surface area contributed by atoms with Crippen LogP contribution >= 0.6 is 0 Å². The Morgan fingerprint density at radius 3 is 2.24 bits per heavy atom. The Balaban J connectivity index is 1.55. The van der Waals surface area contributed by atoms with Gasteiger partial charge in [-0.3, -0.25) is 9.59 Å². The van der Waals surface area contributed by atoms with Gasteiger partial charge >= 0.3 is 5.97 Å². The molecule has 10 atom stereocenters. The van der Waals surface area contributed by atoms with Crippen LogP contribution < -0.4 is 21.3 Å². The number of ether oxygens (including phenoxy) is 1. The lowest BCUT2D eigenvalue weighted by molar-refractivity contribution is -0.226. The van der Waals surface area contributed by atoms with Gasteiger partial charge in [0.2, 0.25) is 5.91 Å². The molecule has 5 N–H and O–H groups in total. The third kappa shape index (κ3) is 8.98.